The third-order valence-electron chi connectivity index (χ3n) is 3.21. The van der Waals surface area contributed by atoms with E-state index in [0.29, 0.717) is 5.69 Å². The van der Waals surface area contributed by atoms with Crippen LogP contribution in [-0.2, 0) is 4.74 Å². The van der Waals surface area contributed by atoms with E-state index in [1.165, 1.54) is 0 Å². The molecule has 0 bridgehead atoms. The minimum atomic E-state index is -0.657. The van der Waals surface area contributed by atoms with Crippen LogP contribution < -0.4 is 0 Å². The van der Waals surface area contributed by atoms with Crippen LogP contribution in [0.3, 0.4) is 0 Å². The molecule has 1 atom stereocenters. The molecule has 3 heteroatoms. The second-order valence-corrected chi connectivity index (χ2v) is 4.50. The van der Waals surface area contributed by atoms with E-state index in [1.54, 1.807) is 6.26 Å². The van der Waals surface area contributed by atoms with Gasteiger partial charge in [-0.15, -0.1) is 0 Å². The highest BCUT2D eigenvalue weighted by Crippen LogP contribution is 2.27. The Bertz CT molecular complexity index is 592. The van der Waals surface area contributed by atoms with Crippen LogP contribution in [0.2, 0.25) is 0 Å². The second kappa shape index (κ2) is 4.78. The minimum Gasteiger partial charge on any atom is -0.501 e. The Balaban J connectivity index is 1.96. The molecule has 2 aromatic rings. The van der Waals surface area contributed by atoms with E-state index in [2.05, 4.69) is 4.98 Å². The molecule has 0 aliphatic carbocycles. The molecule has 92 valence electrons. The number of aliphatic hydroxyl groups is 1. The number of pyridine rings is 1. The zero-order valence-electron chi connectivity index (χ0n) is 10.0. The van der Waals surface area contributed by atoms with Gasteiger partial charge in [-0.05, 0) is 30.5 Å². The molecule has 0 spiro atoms. The summed E-state index contributed by atoms with van der Waals surface area (Å²) in [6.07, 6.45) is 2.84. The maximum Gasteiger partial charge on any atom is 0.120 e. The van der Waals surface area contributed by atoms with Crippen molar-refractivity contribution in [2.24, 2.45) is 0 Å². The molecule has 1 aliphatic rings. The Morgan fingerprint density at radius 3 is 2.89 bits per heavy atom. The van der Waals surface area contributed by atoms with E-state index in [-0.39, 0.29) is 0 Å². The summed E-state index contributed by atoms with van der Waals surface area (Å²) in [5.41, 5.74) is 2.50. The molecule has 0 saturated heterocycles. The van der Waals surface area contributed by atoms with Gasteiger partial charge in [0.05, 0.1) is 24.1 Å². The minimum absolute atomic E-state index is 0.657. The third-order valence-corrected chi connectivity index (χ3v) is 3.21. The molecular weight excluding hydrogens is 226 g/mol. The van der Waals surface area contributed by atoms with Crippen LogP contribution in [0.4, 0.5) is 0 Å². The highest BCUT2D eigenvalue weighted by atomic mass is 16.5. The van der Waals surface area contributed by atoms with Gasteiger partial charge < -0.3 is 9.84 Å². The summed E-state index contributed by atoms with van der Waals surface area (Å²) in [6, 6.07) is 11.8. The van der Waals surface area contributed by atoms with Crippen LogP contribution in [0.5, 0.6) is 0 Å². The number of rotatable bonds is 2. The fourth-order valence-corrected chi connectivity index (χ4v) is 2.21. The molecular formula is C15H15NO2. The first-order valence-electron chi connectivity index (χ1n) is 6.19. The smallest absolute Gasteiger partial charge is 0.120 e. The van der Waals surface area contributed by atoms with E-state index in [1.807, 2.05) is 36.4 Å². The first-order valence-corrected chi connectivity index (χ1v) is 6.19. The summed E-state index contributed by atoms with van der Waals surface area (Å²) in [7, 11) is 0. The molecule has 0 amide bonds. The van der Waals surface area contributed by atoms with Crippen LogP contribution in [0.15, 0.2) is 48.2 Å². The highest BCUT2D eigenvalue weighted by molar-refractivity contribution is 5.78. The van der Waals surface area contributed by atoms with Crippen molar-refractivity contribution in [2.75, 3.05) is 6.61 Å². The Morgan fingerprint density at radius 1 is 1.17 bits per heavy atom. The van der Waals surface area contributed by atoms with Crippen LogP contribution >= 0.6 is 0 Å². The molecule has 1 aliphatic heterocycles. The standard InChI is InChI=1S/C15H15NO2/c17-15(12-5-3-9-18-10-12)14-8-7-11-4-1-2-6-13(11)16-14/h1-2,4,6-8,10,15,17H,3,5,9H2. The number of aliphatic hydroxyl groups excluding tert-OH is 1. The number of benzene rings is 1. The predicted molar refractivity (Wildman–Crippen MR) is 70.0 cm³/mol. The van der Waals surface area contributed by atoms with Gasteiger partial charge >= 0.3 is 0 Å². The lowest BCUT2D eigenvalue weighted by Gasteiger charge is -2.18. The van der Waals surface area contributed by atoms with Gasteiger partial charge in [0.25, 0.3) is 0 Å². The summed E-state index contributed by atoms with van der Waals surface area (Å²) < 4.78 is 5.26. The Labute approximate surface area is 106 Å². The summed E-state index contributed by atoms with van der Waals surface area (Å²) >= 11 is 0. The van der Waals surface area contributed by atoms with Gasteiger partial charge in [-0.1, -0.05) is 24.3 Å². The van der Waals surface area contributed by atoms with Crippen molar-refractivity contribution in [3.8, 4) is 0 Å². The summed E-state index contributed by atoms with van der Waals surface area (Å²) in [6.45, 7) is 0.737. The average Bonchev–Trinajstić information content (AvgIpc) is 2.47. The fourth-order valence-electron chi connectivity index (χ4n) is 2.21. The largest absolute Gasteiger partial charge is 0.501 e. The van der Waals surface area contributed by atoms with Crippen LogP contribution in [-0.4, -0.2) is 16.7 Å². The number of para-hydroxylation sites is 1. The Hall–Kier alpha value is -1.87. The number of nitrogens with zero attached hydrogens (tertiary/aromatic N) is 1. The van der Waals surface area contributed by atoms with E-state index in [9.17, 15) is 5.11 Å². The first kappa shape index (κ1) is 11.2. The number of ether oxygens (including phenoxy) is 1. The lowest BCUT2D eigenvalue weighted by atomic mass is 10.0. The summed E-state index contributed by atoms with van der Waals surface area (Å²) in [5, 5.41) is 11.4. The molecule has 1 aromatic heterocycles. The molecule has 18 heavy (non-hydrogen) atoms. The summed E-state index contributed by atoms with van der Waals surface area (Å²) in [4.78, 5) is 4.50. The molecule has 3 nitrogen and oxygen atoms in total. The molecule has 2 heterocycles. The van der Waals surface area contributed by atoms with Crippen molar-refractivity contribution in [3.63, 3.8) is 0 Å². The zero-order valence-corrected chi connectivity index (χ0v) is 10.0. The maximum atomic E-state index is 10.3. The number of aromatic nitrogens is 1. The molecule has 0 radical (unpaired) electrons. The van der Waals surface area contributed by atoms with Crippen molar-refractivity contribution in [3.05, 3.63) is 53.9 Å². The highest BCUT2D eigenvalue weighted by Gasteiger charge is 2.17. The van der Waals surface area contributed by atoms with Crippen molar-refractivity contribution in [1.29, 1.82) is 0 Å². The van der Waals surface area contributed by atoms with Crippen molar-refractivity contribution < 1.29 is 9.84 Å². The van der Waals surface area contributed by atoms with Gasteiger partial charge in [-0.2, -0.15) is 0 Å². The zero-order chi connectivity index (χ0) is 12.4. The number of fused-ring (bicyclic) bond motifs is 1. The quantitative estimate of drug-likeness (QED) is 0.879. The number of hydrogen-bond acceptors (Lipinski definition) is 3. The molecule has 0 fully saturated rings. The average molecular weight is 241 g/mol. The molecule has 3 rings (SSSR count). The van der Waals surface area contributed by atoms with Gasteiger partial charge in [0.2, 0.25) is 0 Å². The van der Waals surface area contributed by atoms with Crippen LogP contribution in [0.25, 0.3) is 10.9 Å². The molecule has 1 N–H and O–H groups in total. The lowest BCUT2D eigenvalue weighted by molar-refractivity contribution is 0.168. The summed E-state index contributed by atoms with van der Waals surface area (Å²) in [5.74, 6) is 0. The Morgan fingerprint density at radius 2 is 2.06 bits per heavy atom. The van der Waals surface area contributed by atoms with Crippen LogP contribution in [0, 0.1) is 0 Å². The van der Waals surface area contributed by atoms with Crippen molar-refractivity contribution in [1.82, 2.24) is 4.98 Å². The SMILES string of the molecule is OC(C1=COCCC1)c1ccc2ccccc2n1. The second-order valence-electron chi connectivity index (χ2n) is 4.50. The van der Waals surface area contributed by atoms with E-state index in [0.717, 1.165) is 35.9 Å². The van der Waals surface area contributed by atoms with Gasteiger partial charge in [0, 0.05) is 5.39 Å². The first-order chi connectivity index (χ1) is 8.84. The third kappa shape index (κ3) is 2.09. The lowest BCUT2D eigenvalue weighted by Crippen LogP contribution is -2.09. The maximum absolute atomic E-state index is 10.3. The molecule has 1 unspecified atom stereocenters. The number of hydrogen-bond donors (Lipinski definition) is 1. The van der Waals surface area contributed by atoms with E-state index < -0.39 is 6.10 Å². The van der Waals surface area contributed by atoms with Crippen molar-refractivity contribution >= 4 is 10.9 Å². The Kier molecular flexibility index (Phi) is 2.99. The predicted octanol–water partition coefficient (Wildman–Crippen LogP) is 2.96. The van der Waals surface area contributed by atoms with Gasteiger partial charge in [0.15, 0.2) is 0 Å². The van der Waals surface area contributed by atoms with Gasteiger partial charge in [0.1, 0.15) is 6.10 Å². The molecule has 1 aromatic carbocycles. The van der Waals surface area contributed by atoms with E-state index >= 15 is 0 Å². The van der Waals surface area contributed by atoms with Crippen LogP contribution in [0.1, 0.15) is 24.6 Å². The van der Waals surface area contributed by atoms with E-state index in [4.69, 9.17) is 4.74 Å². The van der Waals surface area contributed by atoms with Gasteiger partial charge in [-0.25, -0.2) is 4.98 Å². The normalized spacial score (nSPS) is 17.1. The monoisotopic (exact) mass is 241 g/mol. The fraction of sp³-hybridized carbons (Fsp3) is 0.267. The topological polar surface area (TPSA) is 42.4 Å². The van der Waals surface area contributed by atoms with Gasteiger partial charge in [-0.3, -0.25) is 0 Å². The van der Waals surface area contributed by atoms with Crippen molar-refractivity contribution in [2.45, 2.75) is 18.9 Å². The molecule has 0 saturated carbocycles.